The van der Waals surface area contributed by atoms with Crippen LogP contribution in [0.4, 0.5) is 0 Å². The highest BCUT2D eigenvalue weighted by atomic mass is 32.1. The van der Waals surface area contributed by atoms with E-state index in [0.717, 1.165) is 55.0 Å². The molecule has 56 heavy (non-hydrogen) atoms. The number of rotatable bonds is 4. The van der Waals surface area contributed by atoms with Crippen LogP contribution in [-0.4, -0.2) is 19.5 Å². The number of nitrogens with zero attached hydrogens (tertiary/aromatic N) is 4. The molecule has 12 aromatic rings. The molecule has 5 heteroatoms. The fraction of sp³-hybridized carbons (Fsp3) is 0. The van der Waals surface area contributed by atoms with Crippen molar-refractivity contribution in [2.24, 2.45) is 0 Å². The Balaban J connectivity index is 1.23. The van der Waals surface area contributed by atoms with Crippen LogP contribution in [0.1, 0.15) is 0 Å². The van der Waals surface area contributed by atoms with E-state index in [1.165, 1.54) is 41.7 Å². The first kappa shape index (κ1) is 31.2. The molecule has 0 bridgehead atoms. The number of thiophene rings is 1. The molecule has 0 atom stereocenters. The minimum atomic E-state index is 0.631. The molecule has 0 aliphatic heterocycles. The van der Waals surface area contributed by atoms with Gasteiger partial charge in [0.1, 0.15) is 0 Å². The Bertz CT molecular complexity index is 3450. The Kier molecular flexibility index (Phi) is 6.76. The largest absolute Gasteiger partial charge is 0.308 e. The molecule has 3 heterocycles. The summed E-state index contributed by atoms with van der Waals surface area (Å²) in [6.07, 6.45) is 0. The normalized spacial score (nSPS) is 11.9. The van der Waals surface area contributed by atoms with Gasteiger partial charge in [-0.05, 0) is 68.7 Å². The molecule has 0 amide bonds. The number of hydrogen-bond donors (Lipinski definition) is 0. The van der Waals surface area contributed by atoms with Crippen molar-refractivity contribution in [3.8, 4) is 39.9 Å². The van der Waals surface area contributed by atoms with Crippen molar-refractivity contribution in [3.05, 3.63) is 182 Å². The molecule has 0 fully saturated rings. The lowest BCUT2D eigenvalue weighted by Gasteiger charge is -2.16. The molecule has 0 radical (unpaired) electrons. The van der Waals surface area contributed by atoms with Crippen molar-refractivity contribution >= 4 is 85.6 Å². The first-order valence-corrected chi connectivity index (χ1v) is 19.7. The summed E-state index contributed by atoms with van der Waals surface area (Å²) in [5.74, 6) is 1.92. The molecule has 4 nitrogen and oxygen atoms in total. The summed E-state index contributed by atoms with van der Waals surface area (Å²) in [6.45, 7) is 0. The summed E-state index contributed by atoms with van der Waals surface area (Å²) in [4.78, 5) is 16.2. The van der Waals surface area contributed by atoms with Gasteiger partial charge in [0, 0.05) is 47.6 Å². The molecule has 0 spiro atoms. The number of para-hydroxylation sites is 1. The third-order valence-electron chi connectivity index (χ3n) is 11.2. The van der Waals surface area contributed by atoms with Gasteiger partial charge in [-0.15, -0.1) is 11.3 Å². The van der Waals surface area contributed by atoms with Gasteiger partial charge in [-0.25, -0.2) is 15.0 Å². The summed E-state index contributed by atoms with van der Waals surface area (Å²) in [5, 5.41) is 11.8. The zero-order valence-corrected chi connectivity index (χ0v) is 30.8. The highest BCUT2D eigenvalue weighted by molar-refractivity contribution is 7.25. The summed E-state index contributed by atoms with van der Waals surface area (Å²) in [5.41, 5.74) is 6.20. The minimum Gasteiger partial charge on any atom is -0.308 e. The fourth-order valence-corrected chi connectivity index (χ4v) is 9.74. The van der Waals surface area contributed by atoms with Crippen molar-refractivity contribution in [3.63, 3.8) is 0 Å². The average molecular weight is 731 g/mol. The fourth-order valence-electron chi connectivity index (χ4n) is 8.62. The Morgan fingerprint density at radius 3 is 1.52 bits per heavy atom. The third kappa shape index (κ3) is 4.75. The predicted octanol–water partition coefficient (Wildman–Crippen LogP) is 13.8. The van der Waals surface area contributed by atoms with Gasteiger partial charge in [-0.2, -0.15) is 0 Å². The first-order valence-electron chi connectivity index (χ1n) is 18.9. The molecule has 0 saturated carbocycles. The maximum atomic E-state index is 5.44. The summed E-state index contributed by atoms with van der Waals surface area (Å²) in [6, 6.07) is 65.1. The van der Waals surface area contributed by atoms with E-state index in [4.69, 9.17) is 15.0 Å². The topological polar surface area (TPSA) is 43.6 Å². The van der Waals surface area contributed by atoms with Crippen molar-refractivity contribution in [2.45, 2.75) is 0 Å². The quantitative estimate of drug-likeness (QED) is 0.181. The molecule has 0 aliphatic rings. The molecule has 12 rings (SSSR count). The number of benzene rings is 9. The second kappa shape index (κ2) is 12.2. The SMILES string of the molecule is c1ccc2cc3c(cc2c1)c1ccccc1n3-c1cc2c(cc1-c1nc(-c3cccc4ccccc34)nc(-c3cccc4ccccc34)n1)sc1ccccc12. The maximum Gasteiger partial charge on any atom is 0.166 e. The molecule has 0 N–H and O–H groups in total. The molecule has 0 unspecified atom stereocenters. The van der Waals surface area contributed by atoms with Crippen LogP contribution in [0, 0.1) is 0 Å². The van der Waals surface area contributed by atoms with Crippen molar-refractivity contribution in [1.82, 2.24) is 19.5 Å². The van der Waals surface area contributed by atoms with Crippen LogP contribution in [0.3, 0.4) is 0 Å². The maximum absolute atomic E-state index is 5.44. The second-order valence-electron chi connectivity index (χ2n) is 14.4. The zero-order valence-electron chi connectivity index (χ0n) is 30.0. The van der Waals surface area contributed by atoms with E-state index in [-0.39, 0.29) is 0 Å². The Labute approximate surface area is 325 Å². The summed E-state index contributed by atoms with van der Waals surface area (Å²) in [7, 11) is 0. The van der Waals surface area contributed by atoms with Crippen LogP contribution in [-0.2, 0) is 0 Å². The van der Waals surface area contributed by atoms with Gasteiger partial charge in [0.25, 0.3) is 0 Å². The van der Waals surface area contributed by atoms with Gasteiger partial charge in [0.2, 0.25) is 0 Å². The standard InChI is InChI=1S/C51H30N4S/c1-2-16-34-28-45-41(27-33(34)15-1)37-21-7-9-25-44(37)55(45)46-29-42-38-22-8-10-26-47(38)56-48(42)30-43(46)51-53-49(39-23-11-17-31-13-3-5-19-35(31)39)52-50(54-51)40-24-12-18-32-14-4-6-20-36(32)40/h1-30H. The van der Waals surface area contributed by atoms with Crippen molar-refractivity contribution in [1.29, 1.82) is 0 Å². The Hall–Kier alpha value is -7.21. The number of hydrogen-bond acceptors (Lipinski definition) is 4. The van der Waals surface area contributed by atoms with E-state index >= 15 is 0 Å². The lowest BCUT2D eigenvalue weighted by Crippen LogP contribution is -2.04. The third-order valence-corrected chi connectivity index (χ3v) is 12.3. The highest BCUT2D eigenvalue weighted by Crippen LogP contribution is 2.43. The molecular weight excluding hydrogens is 701 g/mol. The van der Waals surface area contributed by atoms with E-state index in [1.54, 1.807) is 0 Å². The lowest BCUT2D eigenvalue weighted by atomic mass is 10.0. The van der Waals surface area contributed by atoms with Crippen LogP contribution in [0.25, 0.3) is 114 Å². The van der Waals surface area contributed by atoms with Crippen LogP contribution in [0.2, 0.25) is 0 Å². The van der Waals surface area contributed by atoms with Gasteiger partial charge in [0.15, 0.2) is 17.5 Å². The Morgan fingerprint density at radius 2 is 0.839 bits per heavy atom. The van der Waals surface area contributed by atoms with Gasteiger partial charge in [0.05, 0.1) is 16.7 Å². The van der Waals surface area contributed by atoms with Crippen LogP contribution >= 0.6 is 11.3 Å². The monoisotopic (exact) mass is 730 g/mol. The van der Waals surface area contributed by atoms with E-state index in [2.05, 4.69) is 187 Å². The predicted molar refractivity (Wildman–Crippen MR) is 236 cm³/mol. The van der Waals surface area contributed by atoms with E-state index < -0.39 is 0 Å². The first-order chi connectivity index (χ1) is 27.7. The van der Waals surface area contributed by atoms with Crippen LogP contribution in [0.15, 0.2) is 182 Å². The number of fused-ring (bicyclic) bond motifs is 9. The van der Waals surface area contributed by atoms with Crippen LogP contribution < -0.4 is 0 Å². The van der Waals surface area contributed by atoms with Crippen LogP contribution in [0.5, 0.6) is 0 Å². The summed E-state index contributed by atoms with van der Waals surface area (Å²) >= 11 is 1.81. The molecule has 0 saturated heterocycles. The lowest BCUT2D eigenvalue weighted by molar-refractivity contribution is 1.07. The second-order valence-corrected chi connectivity index (χ2v) is 15.5. The van der Waals surface area contributed by atoms with Crippen molar-refractivity contribution < 1.29 is 0 Å². The smallest absolute Gasteiger partial charge is 0.166 e. The van der Waals surface area contributed by atoms with Gasteiger partial charge < -0.3 is 4.57 Å². The average Bonchev–Trinajstić information content (AvgIpc) is 3.79. The zero-order chi connectivity index (χ0) is 36.7. The number of aromatic nitrogens is 4. The van der Waals surface area contributed by atoms with Gasteiger partial charge >= 0.3 is 0 Å². The van der Waals surface area contributed by atoms with Gasteiger partial charge in [-0.3, -0.25) is 0 Å². The molecular formula is C51H30N4S. The highest BCUT2D eigenvalue weighted by Gasteiger charge is 2.23. The van der Waals surface area contributed by atoms with E-state index in [0.29, 0.717) is 17.5 Å². The van der Waals surface area contributed by atoms with E-state index in [1.807, 2.05) is 11.3 Å². The molecule has 9 aromatic carbocycles. The van der Waals surface area contributed by atoms with Gasteiger partial charge in [-0.1, -0.05) is 146 Å². The Morgan fingerprint density at radius 1 is 0.321 bits per heavy atom. The minimum absolute atomic E-state index is 0.631. The molecule has 3 aromatic heterocycles. The van der Waals surface area contributed by atoms with E-state index in [9.17, 15) is 0 Å². The molecule has 260 valence electrons. The summed E-state index contributed by atoms with van der Waals surface area (Å²) < 4.78 is 4.87. The van der Waals surface area contributed by atoms with Crippen molar-refractivity contribution in [2.75, 3.05) is 0 Å². The molecule has 0 aliphatic carbocycles.